The Morgan fingerprint density at radius 3 is 2.89 bits per heavy atom. The molecule has 0 aliphatic rings. The van der Waals surface area contributed by atoms with Crippen LogP contribution in [0.1, 0.15) is 0 Å². The lowest BCUT2D eigenvalue weighted by atomic mass is 10.3. The minimum atomic E-state index is -3.36. The Labute approximate surface area is 115 Å². The molecule has 0 aliphatic heterocycles. The van der Waals surface area contributed by atoms with Gasteiger partial charge in [-0.1, -0.05) is 11.3 Å². The average molecular weight is 301 g/mol. The van der Waals surface area contributed by atoms with Crippen LogP contribution in [0.25, 0.3) is 10.2 Å². The molecule has 0 saturated heterocycles. The molecule has 6 nitrogen and oxygen atoms in total. The zero-order valence-corrected chi connectivity index (χ0v) is 12.3. The highest BCUT2D eigenvalue weighted by molar-refractivity contribution is 7.92. The number of nitrogens with zero attached hydrogens (tertiary/aromatic N) is 1. The lowest BCUT2D eigenvalue weighted by Crippen LogP contribution is -2.24. The van der Waals surface area contributed by atoms with E-state index in [0.29, 0.717) is 11.7 Å². The van der Waals surface area contributed by atoms with Crippen molar-refractivity contribution < 1.29 is 13.2 Å². The van der Waals surface area contributed by atoms with E-state index in [1.54, 1.807) is 26.3 Å². The molecule has 1 aromatic carbocycles. The van der Waals surface area contributed by atoms with Crippen LogP contribution in [0.4, 0.5) is 5.13 Å². The zero-order chi connectivity index (χ0) is 13.9. The van der Waals surface area contributed by atoms with E-state index in [0.717, 1.165) is 16.0 Å². The summed E-state index contributed by atoms with van der Waals surface area (Å²) in [6.07, 6.45) is 0. The van der Waals surface area contributed by atoms with Crippen LogP contribution >= 0.6 is 11.3 Å². The van der Waals surface area contributed by atoms with E-state index in [4.69, 9.17) is 4.74 Å². The number of anilines is 1. The predicted molar refractivity (Wildman–Crippen MR) is 77.5 cm³/mol. The molecule has 0 unspecified atom stereocenters. The molecular formula is C11H15N3O3S2. The van der Waals surface area contributed by atoms with Crippen molar-refractivity contribution in [2.75, 3.05) is 31.2 Å². The Hall–Kier alpha value is -1.38. The molecule has 0 radical (unpaired) electrons. The van der Waals surface area contributed by atoms with Crippen LogP contribution < -0.4 is 14.8 Å². The summed E-state index contributed by atoms with van der Waals surface area (Å²) < 4.78 is 32.0. The van der Waals surface area contributed by atoms with Gasteiger partial charge in [-0.3, -0.25) is 4.72 Å². The molecule has 2 aromatic rings. The highest BCUT2D eigenvalue weighted by Crippen LogP contribution is 2.29. The molecule has 2 rings (SSSR count). The summed E-state index contributed by atoms with van der Waals surface area (Å²) in [7, 11) is -0.0612. The second kappa shape index (κ2) is 5.72. The van der Waals surface area contributed by atoms with Crippen molar-refractivity contribution in [1.82, 2.24) is 10.3 Å². The van der Waals surface area contributed by atoms with Crippen LogP contribution in [0.5, 0.6) is 5.75 Å². The molecular weight excluding hydrogens is 286 g/mol. The summed E-state index contributed by atoms with van der Waals surface area (Å²) in [5.41, 5.74) is 0.747. The number of fused-ring (bicyclic) bond motifs is 1. The first-order chi connectivity index (χ1) is 9.04. The molecule has 0 amide bonds. The molecule has 0 atom stereocenters. The third-order valence-electron chi connectivity index (χ3n) is 2.46. The number of methoxy groups -OCH3 is 1. The van der Waals surface area contributed by atoms with Crippen molar-refractivity contribution in [1.29, 1.82) is 0 Å². The minimum Gasteiger partial charge on any atom is -0.497 e. The van der Waals surface area contributed by atoms with Gasteiger partial charge in [-0.15, -0.1) is 0 Å². The topological polar surface area (TPSA) is 80.3 Å². The first-order valence-electron chi connectivity index (χ1n) is 5.64. The van der Waals surface area contributed by atoms with Gasteiger partial charge in [0.1, 0.15) is 5.75 Å². The first-order valence-corrected chi connectivity index (χ1v) is 8.10. The summed E-state index contributed by atoms with van der Waals surface area (Å²) in [6, 6.07) is 5.43. The number of rotatable bonds is 6. The Bertz CT molecular complexity index is 667. The summed E-state index contributed by atoms with van der Waals surface area (Å²) in [4.78, 5) is 4.23. The molecule has 0 saturated carbocycles. The summed E-state index contributed by atoms with van der Waals surface area (Å²) >= 11 is 1.29. The maximum Gasteiger partial charge on any atom is 0.235 e. The molecule has 1 heterocycles. The van der Waals surface area contributed by atoms with E-state index >= 15 is 0 Å². The molecule has 8 heteroatoms. The van der Waals surface area contributed by atoms with Gasteiger partial charge in [0.05, 0.1) is 23.1 Å². The Kier molecular flexibility index (Phi) is 4.23. The van der Waals surface area contributed by atoms with Crippen LogP contribution in [0.15, 0.2) is 18.2 Å². The van der Waals surface area contributed by atoms with E-state index in [-0.39, 0.29) is 5.75 Å². The molecule has 1 aromatic heterocycles. The number of thiazole rings is 1. The van der Waals surface area contributed by atoms with Crippen LogP contribution in [0, 0.1) is 0 Å². The van der Waals surface area contributed by atoms with E-state index in [9.17, 15) is 8.42 Å². The highest BCUT2D eigenvalue weighted by atomic mass is 32.2. The molecule has 19 heavy (non-hydrogen) atoms. The van der Waals surface area contributed by atoms with Gasteiger partial charge in [0.2, 0.25) is 10.0 Å². The fourth-order valence-corrected chi connectivity index (χ4v) is 3.68. The molecule has 0 bridgehead atoms. The standard InChI is InChI=1S/C11H15N3O3S2/c1-12-5-6-19(15,16)14-11-13-9-4-3-8(17-2)7-10(9)18-11/h3-4,7,12H,5-6H2,1-2H3,(H,13,14). The van der Waals surface area contributed by atoms with E-state index in [1.165, 1.54) is 11.3 Å². The smallest absolute Gasteiger partial charge is 0.235 e. The van der Waals surface area contributed by atoms with Gasteiger partial charge < -0.3 is 10.1 Å². The van der Waals surface area contributed by atoms with Gasteiger partial charge in [-0.25, -0.2) is 13.4 Å². The van der Waals surface area contributed by atoms with Gasteiger partial charge in [0.15, 0.2) is 5.13 Å². The van der Waals surface area contributed by atoms with Crippen molar-refractivity contribution in [3.8, 4) is 5.75 Å². The quantitative estimate of drug-likeness (QED) is 0.840. The second-order valence-electron chi connectivity index (χ2n) is 3.88. The summed E-state index contributed by atoms with van der Waals surface area (Å²) in [5, 5.41) is 3.17. The lowest BCUT2D eigenvalue weighted by Gasteiger charge is -2.03. The number of ether oxygens (including phenoxy) is 1. The number of aromatic nitrogens is 1. The summed E-state index contributed by atoms with van der Waals surface area (Å²) in [6.45, 7) is 0.397. The van der Waals surface area contributed by atoms with Gasteiger partial charge >= 0.3 is 0 Å². The maximum absolute atomic E-state index is 11.7. The molecule has 2 N–H and O–H groups in total. The number of hydrogen-bond acceptors (Lipinski definition) is 6. The zero-order valence-electron chi connectivity index (χ0n) is 10.6. The summed E-state index contributed by atoms with van der Waals surface area (Å²) in [5.74, 6) is 0.740. The van der Waals surface area contributed by atoms with Crippen molar-refractivity contribution in [3.05, 3.63) is 18.2 Å². The fraction of sp³-hybridized carbons (Fsp3) is 0.364. The molecule has 0 spiro atoms. The van der Waals surface area contributed by atoms with Gasteiger partial charge in [-0.05, 0) is 25.2 Å². The normalized spacial score (nSPS) is 11.7. The van der Waals surface area contributed by atoms with E-state index in [1.807, 2.05) is 6.07 Å². The lowest BCUT2D eigenvalue weighted by molar-refractivity contribution is 0.415. The molecule has 0 fully saturated rings. The van der Waals surface area contributed by atoms with Crippen molar-refractivity contribution in [3.63, 3.8) is 0 Å². The largest absolute Gasteiger partial charge is 0.497 e. The third kappa shape index (κ3) is 3.55. The highest BCUT2D eigenvalue weighted by Gasteiger charge is 2.13. The first kappa shape index (κ1) is 14.0. The van der Waals surface area contributed by atoms with Crippen LogP contribution in [-0.2, 0) is 10.0 Å². The van der Waals surface area contributed by atoms with E-state index < -0.39 is 10.0 Å². The van der Waals surface area contributed by atoms with E-state index in [2.05, 4.69) is 15.0 Å². The number of benzene rings is 1. The third-order valence-corrected chi connectivity index (χ3v) is 4.77. The van der Waals surface area contributed by atoms with Crippen molar-refractivity contribution in [2.45, 2.75) is 0 Å². The molecule has 104 valence electrons. The van der Waals surface area contributed by atoms with Crippen molar-refractivity contribution in [2.24, 2.45) is 0 Å². The number of hydrogen-bond donors (Lipinski definition) is 2. The van der Waals surface area contributed by atoms with Gasteiger partial charge in [0.25, 0.3) is 0 Å². The SMILES string of the molecule is CNCCS(=O)(=O)Nc1nc2ccc(OC)cc2s1. The Morgan fingerprint density at radius 1 is 1.42 bits per heavy atom. The number of sulfonamides is 1. The Balaban J connectivity index is 2.22. The average Bonchev–Trinajstić information content (AvgIpc) is 2.76. The Morgan fingerprint density at radius 2 is 2.21 bits per heavy atom. The van der Waals surface area contributed by atoms with Crippen molar-refractivity contribution >= 4 is 36.7 Å². The number of nitrogens with one attached hydrogen (secondary N) is 2. The predicted octanol–water partition coefficient (Wildman–Crippen LogP) is 1.27. The van der Waals surface area contributed by atoms with Crippen LogP contribution in [0.2, 0.25) is 0 Å². The minimum absolute atomic E-state index is 0.0166. The van der Waals surface area contributed by atoms with Crippen LogP contribution in [-0.4, -0.2) is 39.9 Å². The fourth-order valence-electron chi connectivity index (χ4n) is 1.50. The maximum atomic E-state index is 11.7. The second-order valence-corrected chi connectivity index (χ2v) is 6.75. The van der Waals surface area contributed by atoms with Gasteiger partial charge in [-0.2, -0.15) is 0 Å². The van der Waals surface area contributed by atoms with Gasteiger partial charge in [0, 0.05) is 6.54 Å². The van der Waals surface area contributed by atoms with Crippen LogP contribution in [0.3, 0.4) is 0 Å². The molecule has 0 aliphatic carbocycles. The monoisotopic (exact) mass is 301 g/mol.